The lowest BCUT2D eigenvalue weighted by Gasteiger charge is -2.22. The second kappa shape index (κ2) is 14.0. The molecule has 0 saturated carbocycles. The third kappa shape index (κ3) is 8.51. The lowest BCUT2D eigenvalue weighted by Crippen LogP contribution is -2.53. The standard InChI is InChI=1S/C31H34N4O5/c36-28(21-35-17-7-8-18-35)32-25-15-13-24(14-16-25)29(37)33-26(19-22-9-3-1-4-10-22)30(38)34-27(31(39)40)20-23-11-5-2-6-12-23/h1-6,9-16,26-27H,7-8,17-21H2,(H,32,36)(H,33,37)(H,34,38)(H,39,40)/t26-,27-/m0/s1. The number of hydrogen-bond donors (Lipinski definition) is 4. The van der Waals surface area contributed by atoms with Crippen molar-refractivity contribution in [2.24, 2.45) is 0 Å². The van der Waals surface area contributed by atoms with Gasteiger partial charge in [0.1, 0.15) is 12.1 Å². The van der Waals surface area contributed by atoms with E-state index in [1.807, 2.05) is 36.4 Å². The van der Waals surface area contributed by atoms with E-state index in [4.69, 9.17) is 0 Å². The van der Waals surface area contributed by atoms with Gasteiger partial charge in [-0.05, 0) is 61.3 Å². The quantitative estimate of drug-likeness (QED) is 0.279. The first kappa shape index (κ1) is 28.5. The van der Waals surface area contributed by atoms with Gasteiger partial charge in [0.2, 0.25) is 11.8 Å². The molecule has 1 fully saturated rings. The SMILES string of the molecule is O=C(CN1CCCC1)Nc1ccc(C(=O)N[C@@H](Cc2ccccc2)C(=O)N[C@@H](Cc2ccccc2)C(=O)O)cc1. The van der Waals surface area contributed by atoms with Gasteiger partial charge in [-0.25, -0.2) is 4.79 Å². The van der Waals surface area contributed by atoms with E-state index < -0.39 is 29.9 Å². The number of nitrogens with zero attached hydrogens (tertiary/aromatic N) is 1. The third-order valence-electron chi connectivity index (χ3n) is 6.80. The Kier molecular flexibility index (Phi) is 10.0. The van der Waals surface area contributed by atoms with Crippen LogP contribution in [-0.4, -0.2) is 65.4 Å². The summed E-state index contributed by atoms with van der Waals surface area (Å²) in [6.07, 6.45) is 2.49. The van der Waals surface area contributed by atoms with Crippen molar-refractivity contribution in [1.82, 2.24) is 15.5 Å². The normalized spacial score (nSPS) is 14.6. The molecule has 4 rings (SSSR count). The molecule has 1 saturated heterocycles. The molecular weight excluding hydrogens is 508 g/mol. The average Bonchev–Trinajstić information content (AvgIpc) is 3.46. The molecule has 0 unspecified atom stereocenters. The van der Waals surface area contributed by atoms with E-state index >= 15 is 0 Å². The minimum Gasteiger partial charge on any atom is -0.480 e. The van der Waals surface area contributed by atoms with Gasteiger partial charge in [-0.2, -0.15) is 0 Å². The number of likely N-dealkylation sites (tertiary alicyclic amines) is 1. The van der Waals surface area contributed by atoms with Gasteiger partial charge in [-0.1, -0.05) is 60.7 Å². The summed E-state index contributed by atoms with van der Waals surface area (Å²) < 4.78 is 0. The molecule has 1 heterocycles. The van der Waals surface area contributed by atoms with Crippen LogP contribution < -0.4 is 16.0 Å². The molecule has 0 spiro atoms. The number of hydrogen-bond acceptors (Lipinski definition) is 5. The Morgan fingerprint density at radius 2 is 1.27 bits per heavy atom. The average molecular weight is 543 g/mol. The number of amides is 3. The highest BCUT2D eigenvalue weighted by Crippen LogP contribution is 2.13. The zero-order chi connectivity index (χ0) is 28.3. The summed E-state index contributed by atoms with van der Waals surface area (Å²) in [6, 6.07) is 22.5. The van der Waals surface area contributed by atoms with Crippen molar-refractivity contribution in [1.29, 1.82) is 0 Å². The van der Waals surface area contributed by atoms with Crippen LogP contribution in [0.25, 0.3) is 0 Å². The molecule has 208 valence electrons. The highest BCUT2D eigenvalue weighted by Gasteiger charge is 2.27. The van der Waals surface area contributed by atoms with Gasteiger partial charge >= 0.3 is 5.97 Å². The molecule has 0 aromatic heterocycles. The summed E-state index contributed by atoms with van der Waals surface area (Å²) in [7, 11) is 0. The van der Waals surface area contributed by atoms with Gasteiger partial charge in [0, 0.05) is 24.1 Å². The smallest absolute Gasteiger partial charge is 0.326 e. The second-order valence-electron chi connectivity index (χ2n) is 9.91. The number of carbonyl (C=O) groups excluding carboxylic acids is 3. The number of carboxylic acids is 1. The molecule has 1 aliphatic rings. The summed E-state index contributed by atoms with van der Waals surface area (Å²) in [5, 5.41) is 18.0. The molecule has 3 amide bonds. The third-order valence-corrected chi connectivity index (χ3v) is 6.80. The van der Waals surface area contributed by atoms with E-state index in [2.05, 4.69) is 20.9 Å². The predicted octanol–water partition coefficient (Wildman–Crippen LogP) is 2.87. The summed E-state index contributed by atoms with van der Waals surface area (Å²) in [5.74, 6) is -2.35. The minimum absolute atomic E-state index is 0.109. The van der Waals surface area contributed by atoms with Crippen molar-refractivity contribution < 1.29 is 24.3 Å². The molecule has 40 heavy (non-hydrogen) atoms. The van der Waals surface area contributed by atoms with Gasteiger partial charge in [-0.3, -0.25) is 19.3 Å². The van der Waals surface area contributed by atoms with Crippen molar-refractivity contribution in [3.63, 3.8) is 0 Å². The number of carbonyl (C=O) groups is 4. The van der Waals surface area contributed by atoms with Gasteiger partial charge in [0.15, 0.2) is 0 Å². The van der Waals surface area contributed by atoms with Gasteiger partial charge in [0.05, 0.1) is 6.54 Å². The highest BCUT2D eigenvalue weighted by molar-refractivity contribution is 5.99. The summed E-state index contributed by atoms with van der Waals surface area (Å²) in [6.45, 7) is 2.17. The zero-order valence-corrected chi connectivity index (χ0v) is 22.2. The monoisotopic (exact) mass is 542 g/mol. The predicted molar refractivity (Wildman–Crippen MR) is 152 cm³/mol. The van der Waals surface area contributed by atoms with Crippen LogP contribution in [0, 0.1) is 0 Å². The van der Waals surface area contributed by atoms with Crippen LogP contribution in [0.1, 0.15) is 34.3 Å². The highest BCUT2D eigenvalue weighted by atomic mass is 16.4. The number of benzene rings is 3. The second-order valence-corrected chi connectivity index (χ2v) is 9.91. The molecule has 0 bridgehead atoms. The summed E-state index contributed by atoms with van der Waals surface area (Å²) in [5.41, 5.74) is 2.47. The zero-order valence-electron chi connectivity index (χ0n) is 22.2. The maximum atomic E-state index is 13.3. The van der Waals surface area contributed by atoms with E-state index in [9.17, 15) is 24.3 Å². The molecule has 4 N–H and O–H groups in total. The Morgan fingerprint density at radius 1 is 0.725 bits per heavy atom. The Balaban J connectivity index is 1.42. The lowest BCUT2D eigenvalue weighted by molar-refractivity contribution is -0.142. The van der Waals surface area contributed by atoms with E-state index in [0.29, 0.717) is 17.8 Å². The Bertz CT molecular complexity index is 1290. The number of nitrogens with one attached hydrogen (secondary N) is 3. The van der Waals surface area contributed by atoms with E-state index in [0.717, 1.165) is 37.1 Å². The molecule has 2 atom stereocenters. The van der Waals surface area contributed by atoms with E-state index in [1.54, 1.807) is 48.5 Å². The van der Waals surface area contributed by atoms with Gasteiger partial charge < -0.3 is 21.1 Å². The maximum absolute atomic E-state index is 13.3. The maximum Gasteiger partial charge on any atom is 0.326 e. The fourth-order valence-electron chi connectivity index (χ4n) is 4.67. The van der Waals surface area contributed by atoms with Crippen LogP contribution in [0.4, 0.5) is 5.69 Å². The molecule has 1 aliphatic heterocycles. The molecule has 3 aromatic rings. The Labute approximate surface area is 233 Å². The van der Waals surface area contributed by atoms with Gasteiger partial charge in [-0.15, -0.1) is 0 Å². The number of aliphatic carboxylic acids is 1. The topological polar surface area (TPSA) is 128 Å². The van der Waals surface area contributed by atoms with E-state index in [-0.39, 0.29) is 18.7 Å². The lowest BCUT2D eigenvalue weighted by atomic mass is 10.0. The fraction of sp³-hybridized carbons (Fsp3) is 0.290. The molecule has 0 radical (unpaired) electrons. The van der Waals surface area contributed by atoms with Crippen molar-refractivity contribution in [2.75, 3.05) is 25.0 Å². The first-order chi connectivity index (χ1) is 19.4. The Hall–Kier alpha value is -4.50. The number of anilines is 1. The van der Waals surface area contributed by atoms with Crippen LogP contribution in [-0.2, 0) is 27.2 Å². The van der Waals surface area contributed by atoms with Crippen molar-refractivity contribution in [2.45, 2.75) is 37.8 Å². The van der Waals surface area contributed by atoms with E-state index in [1.165, 1.54) is 0 Å². The fourth-order valence-corrected chi connectivity index (χ4v) is 4.67. The first-order valence-corrected chi connectivity index (χ1v) is 13.4. The number of rotatable bonds is 12. The minimum atomic E-state index is -1.16. The van der Waals surface area contributed by atoms with Crippen LogP contribution in [0.15, 0.2) is 84.9 Å². The van der Waals surface area contributed by atoms with Gasteiger partial charge in [0.25, 0.3) is 5.91 Å². The molecule has 9 nitrogen and oxygen atoms in total. The Morgan fingerprint density at radius 3 is 1.82 bits per heavy atom. The van der Waals surface area contributed by atoms with Crippen LogP contribution in [0.3, 0.4) is 0 Å². The summed E-state index contributed by atoms with van der Waals surface area (Å²) >= 11 is 0. The summed E-state index contributed by atoms with van der Waals surface area (Å²) in [4.78, 5) is 52.8. The van der Waals surface area contributed by atoms with Crippen LogP contribution in [0.2, 0.25) is 0 Å². The van der Waals surface area contributed by atoms with Crippen molar-refractivity contribution >= 4 is 29.4 Å². The number of carboxylic acid groups (broad SMARTS) is 1. The van der Waals surface area contributed by atoms with Crippen molar-refractivity contribution in [3.05, 3.63) is 102 Å². The largest absolute Gasteiger partial charge is 0.480 e. The molecular formula is C31H34N4O5. The van der Waals surface area contributed by atoms with Crippen LogP contribution in [0.5, 0.6) is 0 Å². The molecule has 0 aliphatic carbocycles. The molecule has 3 aromatic carbocycles. The molecule has 9 heteroatoms. The first-order valence-electron chi connectivity index (χ1n) is 13.4. The van der Waals surface area contributed by atoms with Crippen molar-refractivity contribution in [3.8, 4) is 0 Å². The van der Waals surface area contributed by atoms with Crippen LogP contribution >= 0.6 is 0 Å².